The van der Waals surface area contributed by atoms with Crippen molar-refractivity contribution in [1.29, 1.82) is 0 Å². The van der Waals surface area contributed by atoms with E-state index in [-0.39, 0.29) is 17.8 Å². The van der Waals surface area contributed by atoms with Crippen LogP contribution in [0.25, 0.3) is 10.9 Å². The third-order valence-electron chi connectivity index (χ3n) is 5.99. The molecule has 0 aromatic carbocycles. The van der Waals surface area contributed by atoms with Gasteiger partial charge in [-0.25, -0.2) is 23.7 Å². The highest BCUT2D eigenvalue weighted by atomic mass is 19.3. The number of halogens is 2. The van der Waals surface area contributed by atoms with Gasteiger partial charge in [0.1, 0.15) is 17.8 Å². The van der Waals surface area contributed by atoms with Crippen LogP contribution in [0.4, 0.5) is 14.6 Å². The van der Waals surface area contributed by atoms with Crippen LogP contribution in [0.2, 0.25) is 0 Å². The SMILES string of the molecule is C[C@H](c1ncn(C)n1)N(Cc1ccc(C(F)F)cn1)C(=O)c1cc2c3c(c(N)nc2cn1)COC3. The lowest BCUT2D eigenvalue weighted by atomic mass is 10.1. The fourth-order valence-electron chi connectivity index (χ4n) is 4.04. The van der Waals surface area contributed by atoms with Gasteiger partial charge in [0, 0.05) is 29.8 Å². The van der Waals surface area contributed by atoms with E-state index in [0.717, 1.165) is 22.7 Å². The average molecular weight is 480 g/mol. The Morgan fingerprint density at radius 2 is 2.00 bits per heavy atom. The molecular formula is C23H22F2N8O2. The predicted octanol–water partition coefficient (Wildman–Crippen LogP) is 3.11. The number of ether oxygens (including phenoxy) is 1. The van der Waals surface area contributed by atoms with Crippen LogP contribution in [0.15, 0.2) is 36.9 Å². The predicted molar refractivity (Wildman–Crippen MR) is 121 cm³/mol. The van der Waals surface area contributed by atoms with Crippen molar-refractivity contribution in [3.8, 4) is 0 Å². The van der Waals surface area contributed by atoms with Gasteiger partial charge < -0.3 is 15.4 Å². The summed E-state index contributed by atoms with van der Waals surface area (Å²) in [7, 11) is 1.73. The molecule has 1 aliphatic heterocycles. The lowest BCUT2D eigenvalue weighted by Gasteiger charge is -2.27. The first kappa shape index (κ1) is 22.7. The van der Waals surface area contributed by atoms with Gasteiger partial charge in [-0.2, -0.15) is 5.10 Å². The number of amides is 1. The fourth-order valence-corrected chi connectivity index (χ4v) is 4.04. The number of nitrogens with zero attached hydrogens (tertiary/aromatic N) is 7. The molecule has 4 aromatic rings. The highest BCUT2D eigenvalue weighted by Crippen LogP contribution is 2.32. The molecule has 0 spiro atoms. The Bertz CT molecular complexity index is 1410. The topological polar surface area (TPSA) is 125 Å². The van der Waals surface area contributed by atoms with Gasteiger partial charge in [-0.05, 0) is 30.7 Å². The van der Waals surface area contributed by atoms with Crippen molar-refractivity contribution >= 4 is 22.6 Å². The van der Waals surface area contributed by atoms with E-state index >= 15 is 0 Å². The highest BCUT2D eigenvalue weighted by molar-refractivity contribution is 5.97. The second kappa shape index (κ2) is 8.95. The Kier molecular flexibility index (Phi) is 5.81. The fraction of sp³-hybridized carbons (Fsp3) is 0.304. The molecule has 1 amide bonds. The molecule has 35 heavy (non-hydrogen) atoms. The standard InChI is InChI=1S/C23H22F2N8O2/c1-12(22-29-11-32(2)31-22)33(8-14-4-3-13(6-27-14)20(24)25)23(34)18-5-15-16-9-35-10-17(16)21(26)30-19(15)7-28-18/h3-7,11-12,20H,8-10H2,1-2H3,(H2,26,30)/t12-/m1/s1. The molecule has 0 unspecified atom stereocenters. The molecule has 0 saturated heterocycles. The van der Waals surface area contributed by atoms with Gasteiger partial charge in [0.2, 0.25) is 0 Å². The van der Waals surface area contributed by atoms with Crippen molar-refractivity contribution in [2.75, 3.05) is 5.73 Å². The maximum atomic E-state index is 13.7. The molecular weight excluding hydrogens is 458 g/mol. The quantitative estimate of drug-likeness (QED) is 0.446. The number of aromatic nitrogens is 6. The summed E-state index contributed by atoms with van der Waals surface area (Å²) in [5.74, 6) is 0.423. The van der Waals surface area contributed by atoms with Crippen molar-refractivity contribution in [1.82, 2.24) is 34.6 Å². The van der Waals surface area contributed by atoms with Gasteiger partial charge in [-0.3, -0.25) is 14.5 Å². The first-order valence-corrected chi connectivity index (χ1v) is 10.9. The van der Waals surface area contributed by atoms with E-state index in [0.29, 0.717) is 36.1 Å². The van der Waals surface area contributed by atoms with Gasteiger partial charge in [-0.1, -0.05) is 0 Å². The summed E-state index contributed by atoms with van der Waals surface area (Å²) in [6, 6.07) is 3.91. The maximum absolute atomic E-state index is 13.7. The Morgan fingerprint density at radius 3 is 2.69 bits per heavy atom. The zero-order valence-electron chi connectivity index (χ0n) is 19.0. The number of anilines is 1. The van der Waals surface area contributed by atoms with Gasteiger partial charge in [0.25, 0.3) is 12.3 Å². The summed E-state index contributed by atoms with van der Waals surface area (Å²) >= 11 is 0. The molecule has 5 rings (SSSR count). The number of aryl methyl sites for hydroxylation is 1. The molecule has 12 heteroatoms. The van der Waals surface area contributed by atoms with Crippen molar-refractivity contribution < 1.29 is 18.3 Å². The Labute approximate surface area is 198 Å². The minimum absolute atomic E-state index is 0.0443. The number of alkyl halides is 2. The summed E-state index contributed by atoms with van der Waals surface area (Å²) in [4.78, 5) is 32.4. The largest absolute Gasteiger partial charge is 0.383 e. The summed E-state index contributed by atoms with van der Waals surface area (Å²) < 4.78 is 33.0. The van der Waals surface area contributed by atoms with E-state index in [9.17, 15) is 13.6 Å². The average Bonchev–Trinajstić information content (AvgIpc) is 3.52. The Balaban J connectivity index is 1.53. The molecule has 0 aliphatic carbocycles. The number of nitrogen functional groups attached to an aromatic ring is 1. The van der Waals surface area contributed by atoms with Crippen LogP contribution >= 0.6 is 0 Å². The lowest BCUT2D eigenvalue weighted by Crippen LogP contribution is -2.34. The number of rotatable bonds is 6. The number of hydrogen-bond acceptors (Lipinski definition) is 8. The molecule has 5 heterocycles. The van der Waals surface area contributed by atoms with Crippen molar-refractivity contribution in [3.63, 3.8) is 0 Å². The van der Waals surface area contributed by atoms with E-state index in [1.807, 2.05) is 0 Å². The number of carbonyl (C=O) groups is 1. The summed E-state index contributed by atoms with van der Waals surface area (Å²) in [5.41, 5.74) is 8.75. The van der Waals surface area contributed by atoms with E-state index in [2.05, 4.69) is 25.0 Å². The highest BCUT2D eigenvalue weighted by Gasteiger charge is 2.28. The van der Waals surface area contributed by atoms with E-state index < -0.39 is 18.4 Å². The molecule has 0 bridgehead atoms. The lowest BCUT2D eigenvalue weighted by molar-refractivity contribution is 0.0657. The number of pyridine rings is 3. The molecule has 180 valence electrons. The van der Waals surface area contributed by atoms with E-state index in [1.165, 1.54) is 34.2 Å². The molecule has 10 nitrogen and oxygen atoms in total. The Hall–Kier alpha value is -4.06. The summed E-state index contributed by atoms with van der Waals surface area (Å²) in [5, 5.41) is 5.07. The van der Waals surface area contributed by atoms with Crippen LogP contribution in [-0.2, 0) is 31.5 Å². The second-order valence-electron chi connectivity index (χ2n) is 8.30. The summed E-state index contributed by atoms with van der Waals surface area (Å²) in [6.45, 7) is 2.57. The molecule has 1 atom stereocenters. The normalized spacial score (nSPS) is 13.9. The van der Waals surface area contributed by atoms with Crippen LogP contribution in [-0.4, -0.2) is 40.5 Å². The first-order chi connectivity index (χ1) is 16.8. The molecule has 0 radical (unpaired) electrons. The smallest absolute Gasteiger partial charge is 0.273 e. The van der Waals surface area contributed by atoms with Crippen LogP contribution < -0.4 is 5.73 Å². The molecule has 1 aliphatic rings. The van der Waals surface area contributed by atoms with Gasteiger partial charge >= 0.3 is 0 Å². The van der Waals surface area contributed by atoms with E-state index in [1.54, 1.807) is 20.0 Å². The van der Waals surface area contributed by atoms with Crippen LogP contribution in [0.3, 0.4) is 0 Å². The zero-order chi connectivity index (χ0) is 24.7. The van der Waals surface area contributed by atoms with E-state index in [4.69, 9.17) is 10.5 Å². The third kappa shape index (κ3) is 4.28. The monoisotopic (exact) mass is 480 g/mol. The molecule has 0 saturated carbocycles. The second-order valence-corrected chi connectivity index (χ2v) is 8.30. The van der Waals surface area contributed by atoms with Gasteiger partial charge in [0.15, 0.2) is 5.82 Å². The first-order valence-electron chi connectivity index (χ1n) is 10.9. The number of hydrogen-bond donors (Lipinski definition) is 1. The molecule has 4 aromatic heterocycles. The zero-order valence-corrected chi connectivity index (χ0v) is 19.0. The number of fused-ring (bicyclic) bond motifs is 3. The van der Waals surface area contributed by atoms with Crippen molar-refractivity contribution in [2.45, 2.75) is 39.1 Å². The summed E-state index contributed by atoms with van der Waals surface area (Å²) in [6.07, 6.45) is 1.54. The van der Waals surface area contributed by atoms with Crippen LogP contribution in [0.1, 0.15) is 58.1 Å². The minimum atomic E-state index is -2.62. The van der Waals surface area contributed by atoms with Crippen LogP contribution in [0, 0.1) is 0 Å². The minimum Gasteiger partial charge on any atom is -0.383 e. The van der Waals surface area contributed by atoms with Crippen molar-refractivity contribution in [3.05, 3.63) is 70.8 Å². The van der Waals surface area contributed by atoms with Crippen molar-refractivity contribution in [2.24, 2.45) is 7.05 Å². The van der Waals surface area contributed by atoms with Crippen LogP contribution in [0.5, 0.6) is 0 Å². The van der Waals surface area contributed by atoms with Gasteiger partial charge in [0.05, 0.1) is 43.2 Å². The third-order valence-corrected chi connectivity index (χ3v) is 5.99. The molecule has 0 fully saturated rings. The molecule has 2 N–H and O–H groups in total. The van der Waals surface area contributed by atoms with Gasteiger partial charge in [-0.15, -0.1) is 0 Å². The number of nitrogens with two attached hydrogens (primary N) is 1. The Morgan fingerprint density at radius 1 is 1.20 bits per heavy atom. The maximum Gasteiger partial charge on any atom is 0.273 e. The number of carbonyl (C=O) groups excluding carboxylic acids is 1.